The molecule has 6 heteroatoms. The molecule has 5 nitrogen and oxygen atoms in total. The van der Waals surface area contributed by atoms with Gasteiger partial charge in [0.2, 0.25) is 5.91 Å². The van der Waals surface area contributed by atoms with Gasteiger partial charge >= 0.3 is 0 Å². The molecule has 0 radical (unpaired) electrons. The predicted octanol–water partition coefficient (Wildman–Crippen LogP) is 4.00. The molecule has 4 heterocycles. The Hall–Kier alpha value is -2.53. The second kappa shape index (κ2) is 6.52. The van der Waals surface area contributed by atoms with Gasteiger partial charge in [0.25, 0.3) is 0 Å². The molecule has 1 amide bonds. The van der Waals surface area contributed by atoms with Crippen molar-refractivity contribution in [2.75, 3.05) is 24.5 Å². The molecule has 3 aromatic rings. The maximum Gasteiger partial charge on any atom is 0.226 e. The van der Waals surface area contributed by atoms with Crippen LogP contribution in [0.15, 0.2) is 42.7 Å². The van der Waals surface area contributed by atoms with Crippen LogP contribution in [0.3, 0.4) is 0 Å². The molecule has 1 N–H and O–H groups in total. The number of benzene rings is 1. The summed E-state index contributed by atoms with van der Waals surface area (Å²) in [6, 6.07) is 10.6. The van der Waals surface area contributed by atoms with Gasteiger partial charge in [-0.1, -0.05) is 29.8 Å². The Bertz CT molecular complexity index is 1070. The van der Waals surface area contributed by atoms with Crippen molar-refractivity contribution in [2.24, 2.45) is 12.5 Å². The van der Waals surface area contributed by atoms with Crippen molar-refractivity contribution in [2.45, 2.75) is 19.3 Å². The minimum absolute atomic E-state index is 0.185. The Morgan fingerprint density at radius 1 is 1.14 bits per heavy atom. The van der Waals surface area contributed by atoms with Gasteiger partial charge in [-0.15, -0.1) is 0 Å². The summed E-state index contributed by atoms with van der Waals surface area (Å²) in [6.45, 7) is 2.46. The minimum atomic E-state index is -0.185. The van der Waals surface area contributed by atoms with Crippen molar-refractivity contribution in [1.82, 2.24) is 14.9 Å². The summed E-state index contributed by atoms with van der Waals surface area (Å²) >= 11 is 6.65. The number of pyridine rings is 1. The largest absolute Gasteiger partial charge is 0.370 e. The number of aromatic nitrogens is 2. The van der Waals surface area contributed by atoms with E-state index >= 15 is 0 Å². The molecule has 28 heavy (non-hydrogen) atoms. The van der Waals surface area contributed by atoms with Gasteiger partial charge in [0.1, 0.15) is 0 Å². The molecule has 144 valence electrons. The van der Waals surface area contributed by atoms with Crippen LogP contribution in [0.1, 0.15) is 19.3 Å². The number of piperidine rings is 1. The number of carbonyl (C=O) groups excluding carboxylic acids is 1. The quantitative estimate of drug-likeness (QED) is 0.714. The number of nitrogens with zero attached hydrogens (tertiary/aromatic N) is 3. The second-order valence-corrected chi connectivity index (χ2v) is 8.35. The molecule has 2 aliphatic rings. The van der Waals surface area contributed by atoms with Crippen LogP contribution in [0, 0.1) is 5.41 Å². The SMILES string of the molecule is Cn1c(-c2cncc(Cl)c2N2CCC3(CCNC3=O)CC2)cc2ccccc21. The molecule has 2 aromatic heterocycles. The summed E-state index contributed by atoms with van der Waals surface area (Å²) in [5, 5.41) is 4.87. The molecule has 0 unspecified atom stereocenters. The van der Waals surface area contributed by atoms with E-state index < -0.39 is 0 Å². The summed E-state index contributed by atoms with van der Waals surface area (Å²) in [5.41, 5.74) is 4.16. The Morgan fingerprint density at radius 2 is 1.93 bits per heavy atom. The number of para-hydroxylation sites is 1. The van der Waals surface area contributed by atoms with E-state index in [-0.39, 0.29) is 11.3 Å². The summed E-state index contributed by atoms with van der Waals surface area (Å²) in [7, 11) is 2.08. The van der Waals surface area contributed by atoms with Crippen molar-refractivity contribution in [3.63, 3.8) is 0 Å². The molecule has 0 atom stereocenters. The summed E-state index contributed by atoms with van der Waals surface area (Å²) in [4.78, 5) is 19.0. The van der Waals surface area contributed by atoms with E-state index in [0.717, 1.165) is 55.8 Å². The topological polar surface area (TPSA) is 50.2 Å². The number of nitrogens with one attached hydrogen (secondary N) is 1. The number of rotatable bonds is 2. The third-order valence-corrected chi connectivity index (χ3v) is 6.78. The zero-order valence-corrected chi connectivity index (χ0v) is 16.7. The van der Waals surface area contributed by atoms with E-state index in [1.807, 2.05) is 6.20 Å². The Labute approximate surface area is 169 Å². The highest BCUT2D eigenvalue weighted by molar-refractivity contribution is 6.33. The van der Waals surface area contributed by atoms with Crippen molar-refractivity contribution >= 4 is 34.1 Å². The van der Waals surface area contributed by atoms with Crippen LogP contribution in [0.25, 0.3) is 22.2 Å². The average Bonchev–Trinajstić information content (AvgIpc) is 3.23. The normalized spacial score (nSPS) is 18.8. The van der Waals surface area contributed by atoms with Gasteiger partial charge in [-0.05, 0) is 31.4 Å². The molecule has 1 aromatic carbocycles. The number of fused-ring (bicyclic) bond motifs is 1. The highest BCUT2D eigenvalue weighted by atomic mass is 35.5. The summed E-state index contributed by atoms with van der Waals surface area (Å²) < 4.78 is 2.20. The fraction of sp³-hybridized carbons (Fsp3) is 0.364. The van der Waals surface area contributed by atoms with Crippen LogP contribution in [-0.2, 0) is 11.8 Å². The Morgan fingerprint density at radius 3 is 2.64 bits per heavy atom. The number of hydrogen-bond donors (Lipinski definition) is 1. The van der Waals surface area contributed by atoms with Crippen LogP contribution in [-0.4, -0.2) is 35.1 Å². The zero-order valence-electron chi connectivity index (χ0n) is 15.9. The standard InChI is InChI=1S/C22H23ClN4O/c1-26-18-5-3-2-4-15(18)12-19(26)16-13-24-14-17(23)20(16)27-10-7-22(8-11-27)6-9-25-21(22)28/h2-5,12-14H,6-11H2,1H3,(H,25,28). The maximum absolute atomic E-state index is 12.3. The second-order valence-electron chi connectivity index (χ2n) is 7.94. The molecule has 0 bridgehead atoms. The van der Waals surface area contributed by atoms with Crippen LogP contribution >= 0.6 is 11.6 Å². The van der Waals surface area contributed by atoms with Gasteiger partial charge in [0, 0.05) is 55.5 Å². The number of amides is 1. The molecule has 1 spiro atoms. The highest BCUT2D eigenvalue weighted by Crippen LogP contribution is 2.43. The molecule has 2 aliphatic heterocycles. The van der Waals surface area contributed by atoms with E-state index in [1.54, 1.807) is 6.20 Å². The van der Waals surface area contributed by atoms with Gasteiger partial charge in [0.15, 0.2) is 0 Å². The minimum Gasteiger partial charge on any atom is -0.370 e. The molecule has 5 rings (SSSR count). The fourth-order valence-corrected chi connectivity index (χ4v) is 5.11. The first kappa shape index (κ1) is 17.6. The van der Waals surface area contributed by atoms with E-state index in [0.29, 0.717) is 5.02 Å². The first-order valence-corrected chi connectivity index (χ1v) is 10.2. The molecular formula is C22H23ClN4O. The van der Waals surface area contributed by atoms with Crippen molar-refractivity contribution < 1.29 is 4.79 Å². The van der Waals surface area contributed by atoms with Crippen LogP contribution in [0.4, 0.5) is 5.69 Å². The maximum atomic E-state index is 12.3. The van der Waals surface area contributed by atoms with Crippen LogP contribution in [0.2, 0.25) is 5.02 Å². The summed E-state index contributed by atoms with van der Waals surface area (Å²) in [6.07, 6.45) is 6.30. The van der Waals surface area contributed by atoms with E-state index in [2.05, 4.69) is 57.1 Å². The number of halogens is 1. The molecule has 0 aliphatic carbocycles. The van der Waals surface area contributed by atoms with Gasteiger partial charge in [-0.25, -0.2) is 0 Å². The van der Waals surface area contributed by atoms with Gasteiger partial charge in [-0.2, -0.15) is 0 Å². The lowest BCUT2D eigenvalue weighted by atomic mass is 9.77. The Kier molecular flexibility index (Phi) is 4.09. The summed E-state index contributed by atoms with van der Waals surface area (Å²) in [5.74, 6) is 0.224. The van der Waals surface area contributed by atoms with Crippen molar-refractivity contribution in [3.05, 3.63) is 47.7 Å². The number of carbonyl (C=O) groups is 1. The lowest BCUT2D eigenvalue weighted by Gasteiger charge is -2.39. The molecular weight excluding hydrogens is 372 g/mol. The van der Waals surface area contributed by atoms with Crippen LogP contribution < -0.4 is 10.2 Å². The fourth-order valence-electron chi connectivity index (χ4n) is 4.84. The lowest BCUT2D eigenvalue weighted by Crippen LogP contribution is -2.44. The zero-order chi connectivity index (χ0) is 19.3. The Balaban J connectivity index is 1.54. The van der Waals surface area contributed by atoms with E-state index in [1.165, 1.54) is 10.9 Å². The van der Waals surface area contributed by atoms with Gasteiger partial charge in [-0.3, -0.25) is 9.78 Å². The van der Waals surface area contributed by atoms with Gasteiger partial charge < -0.3 is 14.8 Å². The predicted molar refractivity (Wildman–Crippen MR) is 113 cm³/mol. The third-order valence-electron chi connectivity index (χ3n) is 6.51. The van der Waals surface area contributed by atoms with Crippen LogP contribution in [0.5, 0.6) is 0 Å². The molecule has 0 saturated carbocycles. The van der Waals surface area contributed by atoms with Crippen molar-refractivity contribution in [1.29, 1.82) is 0 Å². The molecule has 2 saturated heterocycles. The van der Waals surface area contributed by atoms with Gasteiger partial charge in [0.05, 0.1) is 21.8 Å². The first-order valence-electron chi connectivity index (χ1n) is 9.81. The van der Waals surface area contributed by atoms with Crippen molar-refractivity contribution in [3.8, 4) is 11.3 Å². The average molecular weight is 395 g/mol. The lowest BCUT2D eigenvalue weighted by molar-refractivity contribution is -0.128. The highest BCUT2D eigenvalue weighted by Gasteiger charge is 2.44. The number of aryl methyl sites for hydroxylation is 1. The first-order chi connectivity index (χ1) is 13.6. The third kappa shape index (κ3) is 2.60. The number of hydrogen-bond acceptors (Lipinski definition) is 3. The smallest absolute Gasteiger partial charge is 0.226 e. The van der Waals surface area contributed by atoms with E-state index in [4.69, 9.17) is 11.6 Å². The monoisotopic (exact) mass is 394 g/mol. The number of anilines is 1. The van der Waals surface area contributed by atoms with E-state index in [9.17, 15) is 4.79 Å². The molecule has 2 fully saturated rings.